The zero-order chi connectivity index (χ0) is 15.1. The van der Waals surface area contributed by atoms with Crippen LogP contribution in [0.3, 0.4) is 0 Å². The summed E-state index contributed by atoms with van der Waals surface area (Å²) in [7, 11) is 0. The van der Waals surface area contributed by atoms with Gasteiger partial charge in [-0.1, -0.05) is 33.1 Å². The molecule has 1 saturated heterocycles. The minimum absolute atomic E-state index is 0.0667. The Kier molecular flexibility index (Phi) is 7.94. The van der Waals surface area contributed by atoms with Gasteiger partial charge in [0.15, 0.2) is 6.29 Å². The largest absolute Gasteiger partial charge is 0.394 e. The molecule has 4 unspecified atom stereocenters. The van der Waals surface area contributed by atoms with Gasteiger partial charge in [-0.25, -0.2) is 0 Å². The first kappa shape index (κ1) is 17.8. The van der Waals surface area contributed by atoms with E-state index in [-0.39, 0.29) is 6.10 Å². The Morgan fingerprint density at radius 2 is 1.75 bits per heavy atom. The summed E-state index contributed by atoms with van der Waals surface area (Å²) < 4.78 is 11.0. The van der Waals surface area contributed by atoms with Gasteiger partial charge < -0.3 is 29.9 Å². The normalized spacial score (nSPS) is 36.0. The highest BCUT2D eigenvalue weighted by Crippen LogP contribution is 2.24. The molecule has 1 fully saturated rings. The third kappa shape index (κ3) is 4.65. The predicted octanol–water partition coefficient (Wildman–Crippen LogP) is 0.162. The predicted molar refractivity (Wildman–Crippen MR) is 73.1 cm³/mol. The fourth-order valence-corrected chi connectivity index (χ4v) is 2.36. The van der Waals surface area contributed by atoms with Crippen LogP contribution in [0.5, 0.6) is 0 Å². The lowest BCUT2D eigenvalue weighted by molar-refractivity contribution is -0.311. The maximum absolute atomic E-state index is 9.90. The fourth-order valence-electron chi connectivity index (χ4n) is 2.36. The van der Waals surface area contributed by atoms with Gasteiger partial charge in [0.2, 0.25) is 0 Å². The van der Waals surface area contributed by atoms with E-state index in [1.54, 1.807) is 0 Å². The Morgan fingerprint density at radius 1 is 1.05 bits per heavy atom. The van der Waals surface area contributed by atoms with Crippen LogP contribution < -0.4 is 0 Å². The third-order valence-corrected chi connectivity index (χ3v) is 3.76. The molecule has 1 aliphatic heterocycles. The van der Waals surface area contributed by atoms with Crippen molar-refractivity contribution < 1.29 is 29.9 Å². The summed E-state index contributed by atoms with van der Waals surface area (Å²) in [4.78, 5) is 0. The van der Waals surface area contributed by atoms with Gasteiger partial charge in [0, 0.05) is 0 Å². The van der Waals surface area contributed by atoms with Crippen LogP contribution in [0.15, 0.2) is 0 Å². The summed E-state index contributed by atoms with van der Waals surface area (Å²) in [6.45, 7) is 3.68. The highest BCUT2D eigenvalue weighted by molar-refractivity contribution is 4.89. The molecule has 20 heavy (non-hydrogen) atoms. The van der Waals surface area contributed by atoms with Gasteiger partial charge in [0.05, 0.1) is 12.7 Å². The smallest absolute Gasteiger partial charge is 0.186 e. The molecule has 0 aromatic heterocycles. The molecule has 4 N–H and O–H groups in total. The van der Waals surface area contributed by atoms with Crippen LogP contribution in [0.2, 0.25) is 0 Å². The summed E-state index contributed by atoms with van der Waals surface area (Å²) in [5.74, 6) is 0. The molecule has 1 rings (SSSR count). The molecule has 1 heterocycles. The highest BCUT2D eigenvalue weighted by Gasteiger charge is 2.44. The standard InChI is InChI=1S/C14H28O6/c1-3-5-6-7-9(4-2)19-14-13(18)12(17)11(16)10(8-15)20-14/h9-18H,3-8H2,1-2H3/t9?,10?,11-,12?,13?,14-/m1/s1. The summed E-state index contributed by atoms with van der Waals surface area (Å²) in [6.07, 6.45) is -1.11. The van der Waals surface area contributed by atoms with E-state index in [2.05, 4.69) is 6.92 Å². The third-order valence-electron chi connectivity index (χ3n) is 3.76. The van der Waals surface area contributed by atoms with Crippen molar-refractivity contribution in [1.82, 2.24) is 0 Å². The van der Waals surface area contributed by atoms with Crippen LogP contribution in [0.25, 0.3) is 0 Å². The van der Waals surface area contributed by atoms with Crippen molar-refractivity contribution in [1.29, 1.82) is 0 Å². The van der Waals surface area contributed by atoms with Crippen molar-refractivity contribution in [2.75, 3.05) is 6.61 Å². The van der Waals surface area contributed by atoms with Gasteiger partial charge >= 0.3 is 0 Å². The van der Waals surface area contributed by atoms with Crippen molar-refractivity contribution in [2.24, 2.45) is 0 Å². The lowest BCUT2D eigenvalue weighted by Crippen LogP contribution is -2.59. The molecule has 6 heteroatoms. The maximum atomic E-state index is 9.90. The fraction of sp³-hybridized carbons (Fsp3) is 1.00. The molecular weight excluding hydrogens is 264 g/mol. The number of hydrogen-bond donors (Lipinski definition) is 4. The van der Waals surface area contributed by atoms with Gasteiger partial charge in [0.1, 0.15) is 24.4 Å². The van der Waals surface area contributed by atoms with Gasteiger partial charge in [-0.05, 0) is 12.8 Å². The lowest BCUT2D eigenvalue weighted by atomic mass is 9.99. The van der Waals surface area contributed by atoms with Crippen molar-refractivity contribution >= 4 is 0 Å². The number of hydrogen-bond acceptors (Lipinski definition) is 6. The van der Waals surface area contributed by atoms with Crippen molar-refractivity contribution in [2.45, 2.75) is 82.8 Å². The van der Waals surface area contributed by atoms with Gasteiger partial charge in [0.25, 0.3) is 0 Å². The molecule has 1 aliphatic rings. The summed E-state index contributed by atoms with van der Waals surface area (Å²) in [5.41, 5.74) is 0. The first-order valence-corrected chi connectivity index (χ1v) is 7.51. The molecule has 0 spiro atoms. The Labute approximate surface area is 120 Å². The van der Waals surface area contributed by atoms with E-state index in [1.165, 1.54) is 0 Å². The topological polar surface area (TPSA) is 99.4 Å². The SMILES string of the molecule is CCCCCC(CC)O[C@@H]1OC(CO)[C@@H](O)C(O)C1O. The minimum Gasteiger partial charge on any atom is -0.394 e. The zero-order valence-corrected chi connectivity index (χ0v) is 12.3. The molecule has 0 saturated carbocycles. The number of rotatable bonds is 8. The van der Waals surface area contributed by atoms with E-state index in [0.717, 1.165) is 32.1 Å². The van der Waals surface area contributed by atoms with E-state index < -0.39 is 37.3 Å². The van der Waals surface area contributed by atoms with Crippen molar-refractivity contribution in [3.63, 3.8) is 0 Å². The summed E-state index contributed by atoms with van der Waals surface area (Å²) in [5, 5.41) is 38.4. The molecule has 0 bridgehead atoms. The Bertz CT molecular complexity index is 260. The molecule has 6 atom stereocenters. The average Bonchev–Trinajstić information content (AvgIpc) is 2.46. The monoisotopic (exact) mass is 292 g/mol. The lowest BCUT2D eigenvalue weighted by Gasteiger charge is -2.40. The quantitative estimate of drug-likeness (QED) is 0.476. The van der Waals surface area contributed by atoms with E-state index in [0.29, 0.717) is 0 Å². The molecule has 6 nitrogen and oxygen atoms in total. The number of unbranched alkanes of at least 4 members (excludes halogenated alkanes) is 2. The first-order chi connectivity index (χ1) is 9.54. The molecule has 0 aliphatic carbocycles. The number of aliphatic hydroxyl groups is 4. The second-order valence-corrected chi connectivity index (χ2v) is 5.36. The van der Waals surface area contributed by atoms with Crippen LogP contribution in [0, 0.1) is 0 Å². The van der Waals surface area contributed by atoms with Gasteiger partial charge in [-0.3, -0.25) is 0 Å². The number of aliphatic hydroxyl groups excluding tert-OH is 4. The van der Waals surface area contributed by atoms with Crippen LogP contribution in [-0.4, -0.2) is 63.8 Å². The Morgan fingerprint density at radius 3 is 2.30 bits per heavy atom. The van der Waals surface area contributed by atoms with Crippen LogP contribution in [0.4, 0.5) is 0 Å². The summed E-state index contributed by atoms with van der Waals surface area (Å²) >= 11 is 0. The van der Waals surface area contributed by atoms with Crippen LogP contribution in [-0.2, 0) is 9.47 Å². The van der Waals surface area contributed by atoms with E-state index >= 15 is 0 Å². The van der Waals surface area contributed by atoms with Gasteiger partial charge in [-0.15, -0.1) is 0 Å². The zero-order valence-electron chi connectivity index (χ0n) is 12.3. The van der Waals surface area contributed by atoms with Crippen LogP contribution >= 0.6 is 0 Å². The van der Waals surface area contributed by atoms with E-state index in [9.17, 15) is 15.3 Å². The summed E-state index contributed by atoms with van der Waals surface area (Å²) in [6, 6.07) is 0. The average molecular weight is 292 g/mol. The first-order valence-electron chi connectivity index (χ1n) is 7.51. The molecule has 0 aromatic carbocycles. The Hall–Kier alpha value is -0.240. The molecule has 0 amide bonds. The van der Waals surface area contributed by atoms with Gasteiger partial charge in [-0.2, -0.15) is 0 Å². The molecular formula is C14H28O6. The maximum Gasteiger partial charge on any atom is 0.186 e. The highest BCUT2D eigenvalue weighted by atomic mass is 16.7. The van der Waals surface area contributed by atoms with Crippen LogP contribution in [0.1, 0.15) is 46.0 Å². The van der Waals surface area contributed by atoms with Crippen molar-refractivity contribution in [3.05, 3.63) is 0 Å². The second-order valence-electron chi connectivity index (χ2n) is 5.36. The molecule has 120 valence electrons. The van der Waals surface area contributed by atoms with Crippen molar-refractivity contribution in [3.8, 4) is 0 Å². The number of ether oxygens (including phenoxy) is 2. The Balaban J connectivity index is 2.54. The molecule has 0 aromatic rings. The molecule has 0 radical (unpaired) electrons. The van der Waals surface area contributed by atoms with E-state index in [1.807, 2.05) is 6.92 Å². The van der Waals surface area contributed by atoms with E-state index in [4.69, 9.17) is 14.6 Å². The second kappa shape index (κ2) is 8.92. The minimum atomic E-state index is -1.38.